The summed E-state index contributed by atoms with van der Waals surface area (Å²) in [7, 11) is 0. The largest absolute Gasteiger partial charge is 0.457 e. The molecule has 0 spiro atoms. The van der Waals surface area contributed by atoms with E-state index in [1.807, 2.05) is 0 Å². The number of hydrogen-bond donors (Lipinski definition) is 0. The summed E-state index contributed by atoms with van der Waals surface area (Å²) in [6.07, 6.45) is -4.64. The maximum absolute atomic E-state index is 12.9. The van der Waals surface area contributed by atoms with Crippen molar-refractivity contribution in [2.45, 2.75) is 19.7 Å². The highest BCUT2D eigenvalue weighted by atomic mass is 19.4. The van der Waals surface area contributed by atoms with Gasteiger partial charge in [-0.15, -0.1) is 0 Å². The lowest BCUT2D eigenvalue weighted by atomic mass is 10.2. The Morgan fingerprint density at radius 2 is 1.71 bits per heavy atom. The number of ether oxygens (including phenoxy) is 2. The topological polar surface area (TPSA) is 104 Å². The van der Waals surface area contributed by atoms with Gasteiger partial charge in [0.05, 0.1) is 10.5 Å². The molecule has 1 heterocycles. The fourth-order valence-corrected chi connectivity index (χ4v) is 2.46. The molecular weight excluding hydrogens is 419 g/mol. The number of aryl methyl sites for hydroxylation is 1. The van der Waals surface area contributed by atoms with Crippen LogP contribution in [0.15, 0.2) is 54.6 Å². The van der Waals surface area contributed by atoms with E-state index in [0.29, 0.717) is 11.6 Å². The predicted octanol–water partition coefficient (Wildman–Crippen LogP) is 4.86. The highest BCUT2D eigenvalue weighted by Crippen LogP contribution is 2.30. The fraction of sp³-hybridized carbons (Fsp3) is 0.150. The van der Waals surface area contributed by atoms with Crippen LogP contribution in [-0.2, 0) is 17.5 Å². The van der Waals surface area contributed by atoms with Gasteiger partial charge in [-0.2, -0.15) is 18.2 Å². The number of halogens is 3. The Morgan fingerprint density at radius 1 is 1.06 bits per heavy atom. The molecule has 3 aromatic rings. The van der Waals surface area contributed by atoms with Crippen LogP contribution in [0.3, 0.4) is 0 Å². The van der Waals surface area contributed by atoms with Crippen LogP contribution < -0.4 is 4.74 Å². The van der Waals surface area contributed by atoms with Crippen LogP contribution in [0.1, 0.15) is 27.4 Å². The molecule has 0 N–H and O–H groups in total. The number of nitro groups is 1. The van der Waals surface area contributed by atoms with Gasteiger partial charge in [0, 0.05) is 18.2 Å². The molecule has 1 aromatic heterocycles. The second-order valence-electron chi connectivity index (χ2n) is 6.26. The van der Waals surface area contributed by atoms with Crippen LogP contribution in [0.4, 0.5) is 18.9 Å². The Morgan fingerprint density at radius 3 is 2.29 bits per heavy atom. The summed E-state index contributed by atoms with van der Waals surface area (Å²) in [5.74, 6) is -0.870. The summed E-state index contributed by atoms with van der Waals surface area (Å²) in [5, 5.41) is 10.6. The number of esters is 1. The molecule has 0 atom stereocenters. The van der Waals surface area contributed by atoms with Gasteiger partial charge in [-0.1, -0.05) is 0 Å². The molecule has 0 amide bonds. The maximum atomic E-state index is 12.9. The molecule has 0 aliphatic carbocycles. The van der Waals surface area contributed by atoms with E-state index in [1.54, 1.807) is 0 Å². The minimum absolute atomic E-state index is 0.0769. The van der Waals surface area contributed by atoms with Gasteiger partial charge < -0.3 is 9.47 Å². The normalized spacial score (nSPS) is 11.1. The van der Waals surface area contributed by atoms with Gasteiger partial charge in [0.2, 0.25) is 5.88 Å². The molecular formula is C20H14F3N3O5. The van der Waals surface area contributed by atoms with E-state index in [2.05, 4.69) is 9.97 Å². The zero-order valence-electron chi connectivity index (χ0n) is 15.9. The second kappa shape index (κ2) is 8.78. The van der Waals surface area contributed by atoms with Crippen LogP contribution in [0.25, 0.3) is 0 Å². The first-order chi connectivity index (χ1) is 14.6. The van der Waals surface area contributed by atoms with Crippen molar-refractivity contribution in [3.05, 3.63) is 87.4 Å². The standard InChI is InChI=1S/C20H14F3N3O5/c1-12-24-17(20(21,22)23)10-18(25-12)31-16-8-4-14(5-9-16)19(27)30-11-13-2-6-15(7-3-13)26(28)29/h2-10H,11H2,1H3. The number of carbonyl (C=O) groups excluding carboxylic acids is 1. The molecule has 0 radical (unpaired) electrons. The SMILES string of the molecule is Cc1nc(Oc2ccc(C(=O)OCc3ccc([N+](=O)[O-])cc3)cc2)cc(C(F)(F)F)n1. The molecule has 0 saturated heterocycles. The summed E-state index contributed by atoms with van der Waals surface area (Å²) >= 11 is 0. The van der Waals surface area contributed by atoms with Crippen LogP contribution in [0.2, 0.25) is 0 Å². The Hall–Kier alpha value is -4.02. The van der Waals surface area contributed by atoms with Crippen LogP contribution >= 0.6 is 0 Å². The number of rotatable bonds is 6. The molecule has 0 aliphatic rings. The third kappa shape index (κ3) is 5.75. The van der Waals surface area contributed by atoms with Crippen LogP contribution in [-0.4, -0.2) is 20.9 Å². The first-order valence-corrected chi connectivity index (χ1v) is 8.73. The van der Waals surface area contributed by atoms with Gasteiger partial charge in [0.25, 0.3) is 5.69 Å². The van der Waals surface area contributed by atoms with Gasteiger partial charge in [0.15, 0.2) is 5.69 Å². The van der Waals surface area contributed by atoms with Crippen molar-refractivity contribution < 1.29 is 32.4 Å². The number of hydrogen-bond acceptors (Lipinski definition) is 7. The highest BCUT2D eigenvalue weighted by molar-refractivity contribution is 5.89. The minimum Gasteiger partial charge on any atom is -0.457 e. The first kappa shape index (κ1) is 21.7. The van der Waals surface area contributed by atoms with Crippen molar-refractivity contribution in [3.8, 4) is 11.6 Å². The fourth-order valence-electron chi connectivity index (χ4n) is 2.46. The van der Waals surface area contributed by atoms with Gasteiger partial charge in [-0.25, -0.2) is 9.78 Å². The zero-order valence-corrected chi connectivity index (χ0v) is 15.9. The smallest absolute Gasteiger partial charge is 0.433 e. The van der Waals surface area contributed by atoms with E-state index in [1.165, 1.54) is 55.5 Å². The number of nitrogens with zero attached hydrogens (tertiary/aromatic N) is 3. The monoisotopic (exact) mass is 433 g/mol. The number of aromatic nitrogens is 2. The molecule has 3 rings (SSSR count). The Labute approximate surface area is 173 Å². The number of non-ortho nitro benzene ring substituents is 1. The molecule has 0 unspecified atom stereocenters. The third-order valence-corrected chi connectivity index (χ3v) is 3.93. The van der Waals surface area contributed by atoms with Crippen LogP contribution in [0, 0.1) is 17.0 Å². The molecule has 31 heavy (non-hydrogen) atoms. The highest BCUT2D eigenvalue weighted by Gasteiger charge is 2.33. The number of carbonyl (C=O) groups is 1. The minimum atomic E-state index is -4.64. The Balaban J connectivity index is 1.62. The third-order valence-electron chi connectivity index (χ3n) is 3.93. The van der Waals surface area contributed by atoms with Crippen LogP contribution in [0.5, 0.6) is 11.6 Å². The van der Waals surface area contributed by atoms with Crippen molar-refractivity contribution in [2.24, 2.45) is 0 Å². The molecule has 8 nitrogen and oxygen atoms in total. The summed E-state index contributed by atoms with van der Waals surface area (Å²) < 4.78 is 49.0. The molecule has 0 saturated carbocycles. The quantitative estimate of drug-likeness (QED) is 0.311. The van der Waals surface area contributed by atoms with Crippen molar-refractivity contribution >= 4 is 11.7 Å². The van der Waals surface area contributed by atoms with Crippen molar-refractivity contribution in [1.29, 1.82) is 0 Å². The number of alkyl halides is 3. The lowest BCUT2D eigenvalue weighted by molar-refractivity contribution is -0.384. The van der Waals surface area contributed by atoms with E-state index < -0.39 is 22.8 Å². The second-order valence-corrected chi connectivity index (χ2v) is 6.26. The average molecular weight is 433 g/mol. The molecule has 0 fully saturated rings. The van der Waals surface area contributed by atoms with E-state index in [4.69, 9.17) is 9.47 Å². The average Bonchev–Trinajstić information content (AvgIpc) is 2.72. The Kier molecular flexibility index (Phi) is 6.14. The first-order valence-electron chi connectivity index (χ1n) is 8.73. The number of benzene rings is 2. The van der Waals surface area contributed by atoms with E-state index in [9.17, 15) is 28.1 Å². The lowest BCUT2D eigenvalue weighted by Gasteiger charge is -2.10. The van der Waals surface area contributed by atoms with Gasteiger partial charge in [-0.3, -0.25) is 10.1 Å². The lowest BCUT2D eigenvalue weighted by Crippen LogP contribution is -2.10. The van der Waals surface area contributed by atoms with E-state index in [0.717, 1.165) is 0 Å². The van der Waals surface area contributed by atoms with E-state index in [-0.39, 0.29) is 35.3 Å². The summed E-state index contributed by atoms with van der Waals surface area (Å²) in [4.78, 5) is 29.4. The van der Waals surface area contributed by atoms with Crippen molar-refractivity contribution in [2.75, 3.05) is 0 Å². The van der Waals surface area contributed by atoms with E-state index >= 15 is 0 Å². The predicted molar refractivity (Wildman–Crippen MR) is 101 cm³/mol. The molecule has 2 aromatic carbocycles. The molecule has 160 valence electrons. The molecule has 0 bridgehead atoms. The van der Waals surface area contributed by atoms with Crippen molar-refractivity contribution in [3.63, 3.8) is 0 Å². The summed E-state index contributed by atoms with van der Waals surface area (Å²) in [5.41, 5.74) is -0.448. The Bertz CT molecular complexity index is 1100. The van der Waals surface area contributed by atoms with Gasteiger partial charge >= 0.3 is 12.1 Å². The molecule has 0 aliphatic heterocycles. The van der Waals surface area contributed by atoms with Crippen molar-refractivity contribution in [1.82, 2.24) is 9.97 Å². The summed E-state index contributed by atoms with van der Waals surface area (Å²) in [6, 6.07) is 11.8. The maximum Gasteiger partial charge on any atom is 0.433 e. The molecule has 11 heteroatoms. The van der Waals surface area contributed by atoms with Gasteiger partial charge in [-0.05, 0) is 48.9 Å². The zero-order chi connectivity index (χ0) is 22.6. The van der Waals surface area contributed by atoms with Gasteiger partial charge in [0.1, 0.15) is 18.2 Å². The summed E-state index contributed by atoms with van der Waals surface area (Å²) in [6.45, 7) is 1.22. The number of nitro benzene ring substituents is 1.